The molecule has 3 nitrogen and oxygen atoms in total. The summed E-state index contributed by atoms with van der Waals surface area (Å²) in [6.07, 6.45) is 2.29. The smallest absolute Gasteiger partial charge is 0.193 e. The number of rotatable bonds is 7. The van der Waals surface area contributed by atoms with Gasteiger partial charge in [-0.3, -0.25) is 4.79 Å². The lowest BCUT2D eigenvalue weighted by Crippen LogP contribution is -2.12. The van der Waals surface area contributed by atoms with Crippen molar-refractivity contribution in [3.63, 3.8) is 0 Å². The van der Waals surface area contributed by atoms with Crippen LogP contribution >= 0.6 is 0 Å². The Labute approximate surface area is 125 Å². The van der Waals surface area contributed by atoms with Crippen molar-refractivity contribution in [2.45, 2.75) is 13.3 Å². The SMILES string of the molecule is CC[C@H](C=N)COc1ccc(C(=O)c2ccccc2)cc1. The molecule has 0 bridgehead atoms. The van der Waals surface area contributed by atoms with Crippen LogP contribution in [-0.4, -0.2) is 18.6 Å². The summed E-state index contributed by atoms with van der Waals surface area (Å²) in [6.45, 7) is 2.52. The van der Waals surface area contributed by atoms with Crippen LogP contribution in [0.1, 0.15) is 29.3 Å². The first-order chi connectivity index (χ1) is 10.2. The quantitative estimate of drug-likeness (QED) is 0.616. The average molecular weight is 281 g/mol. The third kappa shape index (κ3) is 4.02. The fourth-order valence-electron chi connectivity index (χ4n) is 1.95. The Balaban J connectivity index is 2.02. The maximum atomic E-state index is 12.2. The Morgan fingerprint density at radius 2 is 1.71 bits per heavy atom. The van der Waals surface area contributed by atoms with Crippen LogP contribution in [0, 0.1) is 11.3 Å². The van der Waals surface area contributed by atoms with Crippen molar-refractivity contribution in [1.29, 1.82) is 5.41 Å². The third-order valence-electron chi connectivity index (χ3n) is 3.38. The van der Waals surface area contributed by atoms with Crippen LogP contribution in [0.3, 0.4) is 0 Å². The van der Waals surface area contributed by atoms with Gasteiger partial charge in [0.2, 0.25) is 0 Å². The normalized spacial score (nSPS) is 11.7. The second-order valence-corrected chi connectivity index (χ2v) is 4.87. The van der Waals surface area contributed by atoms with Crippen LogP contribution < -0.4 is 4.74 Å². The number of hydrogen-bond acceptors (Lipinski definition) is 3. The standard InChI is InChI=1S/C18H19NO2/c1-2-14(12-19)13-21-17-10-8-16(9-11-17)18(20)15-6-4-3-5-7-15/h3-12,14,19H,2,13H2,1H3/t14-/m1/s1. The van der Waals surface area contributed by atoms with Crippen LogP contribution in [0.4, 0.5) is 0 Å². The fraction of sp³-hybridized carbons (Fsp3) is 0.222. The summed E-state index contributed by atoms with van der Waals surface area (Å²) in [6, 6.07) is 16.4. The van der Waals surface area contributed by atoms with Crippen LogP contribution in [0.25, 0.3) is 0 Å². The molecule has 3 heteroatoms. The highest BCUT2D eigenvalue weighted by Crippen LogP contribution is 2.16. The zero-order valence-corrected chi connectivity index (χ0v) is 12.1. The molecule has 0 aliphatic carbocycles. The molecule has 0 heterocycles. The van der Waals surface area contributed by atoms with Crippen molar-refractivity contribution >= 4 is 12.0 Å². The average Bonchev–Trinajstić information content (AvgIpc) is 2.56. The number of carbonyl (C=O) groups excluding carboxylic acids is 1. The van der Waals surface area contributed by atoms with Crippen molar-refractivity contribution in [1.82, 2.24) is 0 Å². The minimum atomic E-state index is 0.00748. The summed E-state index contributed by atoms with van der Waals surface area (Å²) >= 11 is 0. The summed E-state index contributed by atoms with van der Waals surface area (Å²) in [4.78, 5) is 12.2. The van der Waals surface area contributed by atoms with Gasteiger partial charge in [0, 0.05) is 23.3 Å². The minimum Gasteiger partial charge on any atom is -0.493 e. The van der Waals surface area contributed by atoms with Crippen molar-refractivity contribution < 1.29 is 9.53 Å². The molecule has 2 aromatic carbocycles. The molecule has 0 fully saturated rings. The highest BCUT2D eigenvalue weighted by atomic mass is 16.5. The maximum Gasteiger partial charge on any atom is 0.193 e. The molecule has 0 aliphatic rings. The molecule has 0 aromatic heterocycles. The van der Waals surface area contributed by atoms with E-state index in [9.17, 15) is 4.79 Å². The molecule has 0 saturated heterocycles. The molecule has 0 aliphatic heterocycles. The van der Waals surface area contributed by atoms with Crippen LogP contribution in [-0.2, 0) is 0 Å². The summed E-state index contributed by atoms with van der Waals surface area (Å²) < 4.78 is 5.63. The predicted octanol–water partition coefficient (Wildman–Crippen LogP) is 3.97. The van der Waals surface area contributed by atoms with Gasteiger partial charge in [0.25, 0.3) is 0 Å². The van der Waals surface area contributed by atoms with E-state index in [1.165, 1.54) is 6.21 Å². The zero-order chi connectivity index (χ0) is 15.1. The number of ether oxygens (including phenoxy) is 1. The van der Waals surface area contributed by atoms with Gasteiger partial charge in [-0.25, -0.2) is 0 Å². The second kappa shape index (κ2) is 7.39. The number of hydrogen-bond donors (Lipinski definition) is 1. The van der Waals surface area contributed by atoms with Crippen molar-refractivity contribution in [3.05, 3.63) is 65.7 Å². The zero-order valence-electron chi connectivity index (χ0n) is 12.1. The molecule has 0 saturated carbocycles. The predicted molar refractivity (Wildman–Crippen MR) is 84.4 cm³/mol. The first-order valence-electron chi connectivity index (χ1n) is 7.07. The molecule has 0 unspecified atom stereocenters. The molecular formula is C18H19NO2. The van der Waals surface area contributed by atoms with Crippen molar-refractivity contribution in [3.8, 4) is 5.75 Å². The number of carbonyl (C=O) groups is 1. The number of ketones is 1. The third-order valence-corrected chi connectivity index (χ3v) is 3.38. The van der Waals surface area contributed by atoms with E-state index in [1.807, 2.05) is 37.3 Å². The van der Waals surface area contributed by atoms with Gasteiger partial charge >= 0.3 is 0 Å². The highest BCUT2D eigenvalue weighted by molar-refractivity contribution is 6.08. The maximum absolute atomic E-state index is 12.2. The molecule has 0 amide bonds. The Morgan fingerprint density at radius 1 is 1.10 bits per heavy atom. The van der Waals surface area contributed by atoms with E-state index in [0.29, 0.717) is 17.7 Å². The van der Waals surface area contributed by atoms with E-state index in [0.717, 1.165) is 12.2 Å². The van der Waals surface area contributed by atoms with Crippen molar-refractivity contribution in [2.75, 3.05) is 6.61 Å². The molecule has 2 rings (SSSR count). The number of benzene rings is 2. The van der Waals surface area contributed by atoms with Gasteiger partial charge in [0.05, 0.1) is 6.61 Å². The lowest BCUT2D eigenvalue weighted by molar-refractivity contribution is 0.103. The Bertz CT molecular complexity index is 590. The van der Waals surface area contributed by atoms with Gasteiger partial charge < -0.3 is 10.1 Å². The first-order valence-corrected chi connectivity index (χ1v) is 7.07. The molecule has 0 spiro atoms. The van der Waals surface area contributed by atoms with Crippen LogP contribution in [0.15, 0.2) is 54.6 Å². The largest absolute Gasteiger partial charge is 0.493 e. The van der Waals surface area contributed by atoms with E-state index in [4.69, 9.17) is 10.1 Å². The van der Waals surface area contributed by atoms with Gasteiger partial charge in [-0.15, -0.1) is 0 Å². The Kier molecular flexibility index (Phi) is 5.27. The molecule has 108 valence electrons. The lowest BCUT2D eigenvalue weighted by atomic mass is 10.0. The Hall–Kier alpha value is -2.42. The van der Waals surface area contributed by atoms with E-state index in [1.54, 1.807) is 24.3 Å². The molecule has 0 radical (unpaired) electrons. The molecule has 2 aromatic rings. The molecule has 1 N–H and O–H groups in total. The van der Waals surface area contributed by atoms with E-state index < -0.39 is 0 Å². The lowest BCUT2D eigenvalue weighted by Gasteiger charge is -2.11. The summed E-state index contributed by atoms with van der Waals surface area (Å²) in [7, 11) is 0. The fourth-order valence-corrected chi connectivity index (χ4v) is 1.95. The summed E-state index contributed by atoms with van der Waals surface area (Å²) in [5.74, 6) is 0.864. The second-order valence-electron chi connectivity index (χ2n) is 4.87. The Morgan fingerprint density at radius 3 is 2.29 bits per heavy atom. The number of nitrogens with one attached hydrogen (secondary N) is 1. The van der Waals surface area contributed by atoms with Crippen LogP contribution in [0.2, 0.25) is 0 Å². The van der Waals surface area contributed by atoms with E-state index in [-0.39, 0.29) is 11.7 Å². The van der Waals surface area contributed by atoms with Crippen molar-refractivity contribution in [2.24, 2.45) is 5.92 Å². The van der Waals surface area contributed by atoms with Gasteiger partial charge in [-0.05, 0) is 30.7 Å². The minimum absolute atomic E-state index is 0.00748. The van der Waals surface area contributed by atoms with Gasteiger partial charge in [-0.2, -0.15) is 0 Å². The van der Waals surface area contributed by atoms with E-state index in [2.05, 4.69) is 0 Å². The van der Waals surface area contributed by atoms with Gasteiger partial charge in [0.15, 0.2) is 5.78 Å². The van der Waals surface area contributed by atoms with Crippen LogP contribution in [0.5, 0.6) is 5.75 Å². The first kappa shape index (κ1) is 15.0. The summed E-state index contributed by atoms with van der Waals surface area (Å²) in [5.41, 5.74) is 1.33. The summed E-state index contributed by atoms with van der Waals surface area (Å²) in [5, 5.41) is 7.26. The highest BCUT2D eigenvalue weighted by Gasteiger charge is 2.09. The topological polar surface area (TPSA) is 50.1 Å². The molecule has 1 atom stereocenters. The van der Waals surface area contributed by atoms with E-state index >= 15 is 0 Å². The van der Waals surface area contributed by atoms with Gasteiger partial charge in [-0.1, -0.05) is 37.3 Å². The molecule has 21 heavy (non-hydrogen) atoms. The monoisotopic (exact) mass is 281 g/mol. The molecular weight excluding hydrogens is 262 g/mol. The van der Waals surface area contributed by atoms with Gasteiger partial charge in [0.1, 0.15) is 5.75 Å².